The van der Waals surface area contributed by atoms with Gasteiger partial charge in [0.05, 0.1) is 18.3 Å². The molecule has 0 aliphatic carbocycles. The number of hydrogen-bond acceptors (Lipinski definition) is 5. The van der Waals surface area contributed by atoms with Crippen molar-refractivity contribution >= 4 is 22.6 Å². The maximum absolute atomic E-state index is 12.4. The van der Waals surface area contributed by atoms with Gasteiger partial charge in [0.15, 0.2) is 0 Å². The number of carbonyl (C=O) groups excluding carboxylic acids is 1. The molecule has 0 aliphatic heterocycles. The van der Waals surface area contributed by atoms with E-state index < -0.39 is 0 Å². The monoisotopic (exact) mass is 381 g/mol. The minimum absolute atomic E-state index is 0.0608. The van der Waals surface area contributed by atoms with Crippen molar-refractivity contribution in [2.45, 2.75) is 25.8 Å². The molecule has 1 amide bonds. The molecule has 7 nitrogen and oxygen atoms in total. The van der Waals surface area contributed by atoms with Crippen LogP contribution < -0.4 is 10.2 Å². The molecule has 28 heavy (non-hydrogen) atoms. The lowest BCUT2D eigenvalue weighted by Crippen LogP contribution is -2.31. The molecule has 0 bridgehead atoms. The molecule has 1 atom stereocenters. The molecule has 2 N–H and O–H groups in total. The third-order valence-electron chi connectivity index (χ3n) is 4.63. The van der Waals surface area contributed by atoms with Gasteiger partial charge in [-0.25, -0.2) is 9.97 Å². The number of nitrogens with one attached hydrogen (secondary N) is 2. The summed E-state index contributed by atoms with van der Waals surface area (Å²) in [4.78, 5) is 26.8. The Morgan fingerprint density at radius 2 is 2.07 bits per heavy atom. The number of hydrogen-bond donors (Lipinski definition) is 2. The maximum Gasteiger partial charge on any atom is 0.222 e. The normalized spacial score (nSPS) is 12.1. The van der Waals surface area contributed by atoms with Crippen molar-refractivity contribution in [2.24, 2.45) is 0 Å². The van der Waals surface area contributed by atoms with Gasteiger partial charge in [-0.2, -0.15) is 0 Å². The summed E-state index contributed by atoms with van der Waals surface area (Å²) in [5.74, 6) is 1.43. The number of amides is 1. The second kappa shape index (κ2) is 8.84. The lowest BCUT2D eigenvalue weighted by Gasteiger charge is -2.21. The van der Waals surface area contributed by atoms with Gasteiger partial charge in [0, 0.05) is 57.2 Å². The zero-order valence-corrected chi connectivity index (χ0v) is 16.8. The Kier molecular flexibility index (Phi) is 6.26. The van der Waals surface area contributed by atoms with Gasteiger partial charge in [-0.3, -0.25) is 4.79 Å². The van der Waals surface area contributed by atoms with Crippen LogP contribution in [0.1, 0.15) is 29.5 Å². The van der Waals surface area contributed by atoms with Crippen molar-refractivity contribution in [3.8, 4) is 0 Å². The average molecular weight is 381 g/mol. The van der Waals surface area contributed by atoms with Crippen molar-refractivity contribution < 1.29 is 9.53 Å². The van der Waals surface area contributed by atoms with Crippen LogP contribution in [0.4, 0.5) is 5.82 Å². The molecule has 2 aromatic heterocycles. The lowest BCUT2D eigenvalue weighted by molar-refractivity contribution is -0.122. The number of anilines is 1. The Morgan fingerprint density at radius 1 is 1.29 bits per heavy atom. The number of aromatic amines is 1. The molecule has 0 fully saturated rings. The molecule has 148 valence electrons. The molecule has 0 saturated heterocycles. The molecule has 0 radical (unpaired) electrons. The van der Waals surface area contributed by atoms with Crippen molar-refractivity contribution in [3.05, 3.63) is 53.6 Å². The molecule has 7 heteroatoms. The van der Waals surface area contributed by atoms with E-state index >= 15 is 0 Å². The Balaban J connectivity index is 1.94. The predicted molar refractivity (Wildman–Crippen MR) is 110 cm³/mol. The second-order valence-corrected chi connectivity index (χ2v) is 7.02. The maximum atomic E-state index is 12.4. The van der Waals surface area contributed by atoms with Crippen molar-refractivity contribution in [1.82, 2.24) is 20.3 Å². The summed E-state index contributed by atoms with van der Waals surface area (Å²) in [6, 6.07) is 9.83. The standard InChI is InChI=1S/C21H27N5O2/c1-14-23-19(12-20(24-14)26(2)3)18(25-21(27)9-10-28-4)11-15-13-22-17-8-6-5-7-16(15)17/h5-8,12-13,18,22H,9-11H2,1-4H3,(H,25,27). The van der Waals surface area contributed by atoms with E-state index in [4.69, 9.17) is 4.74 Å². The summed E-state index contributed by atoms with van der Waals surface area (Å²) in [6.07, 6.45) is 2.94. The first-order valence-corrected chi connectivity index (χ1v) is 9.34. The first-order chi connectivity index (χ1) is 13.5. The molecule has 1 aromatic carbocycles. The minimum Gasteiger partial charge on any atom is -0.384 e. The van der Waals surface area contributed by atoms with Gasteiger partial charge in [-0.05, 0) is 18.6 Å². The Labute approximate surface area is 165 Å². The van der Waals surface area contributed by atoms with E-state index in [1.807, 2.05) is 56.4 Å². The van der Waals surface area contributed by atoms with Gasteiger partial charge in [0.1, 0.15) is 11.6 Å². The predicted octanol–water partition coefficient (Wildman–Crippen LogP) is 2.77. The number of aromatic nitrogens is 3. The number of H-pyrrole nitrogens is 1. The molecule has 0 spiro atoms. The molecule has 1 unspecified atom stereocenters. The average Bonchev–Trinajstić information content (AvgIpc) is 3.08. The van der Waals surface area contributed by atoms with Crippen molar-refractivity contribution in [2.75, 3.05) is 32.7 Å². The summed E-state index contributed by atoms with van der Waals surface area (Å²) in [5, 5.41) is 4.27. The summed E-state index contributed by atoms with van der Waals surface area (Å²) in [7, 11) is 5.47. The number of nitrogens with zero attached hydrogens (tertiary/aromatic N) is 3. The minimum atomic E-state index is -0.260. The molecule has 0 aliphatic rings. The smallest absolute Gasteiger partial charge is 0.222 e. The van der Waals surface area contributed by atoms with Crippen LogP contribution in [0.2, 0.25) is 0 Å². The van der Waals surface area contributed by atoms with Crippen molar-refractivity contribution in [1.29, 1.82) is 0 Å². The molecular weight excluding hydrogens is 354 g/mol. The van der Waals surface area contributed by atoms with Crippen molar-refractivity contribution in [3.63, 3.8) is 0 Å². The number of benzene rings is 1. The Morgan fingerprint density at radius 3 is 2.82 bits per heavy atom. The Bertz CT molecular complexity index is 951. The summed E-state index contributed by atoms with van der Waals surface area (Å²) < 4.78 is 5.03. The molecule has 3 rings (SSSR count). The highest BCUT2D eigenvalue weighted by molar-refractivity contribution is 5.83. The van der Waals surface area contributed by atoms with E-state index in [-0.39, 0.29) is 11.9 Å². The number of aryl methyl sites for hydroxylation is 1. The van der Waals surface area contributed by atoms with E-state index in [0.717, 1.165) is 28.0 Å². The van der Waals surface area contributed by atoms with Gasteiger partial charge in [0.25, 0.3) is 0 Å². The van der Waals surface area contributed by atoms with E-state index in [1.54, 1.807) is 7.11 Å². The number of ether oxygens (including phenoxy) is 1. The highest BCUT2D eigenvalue weighted by Gasteiger charge is 2.20. The third kappa shape index (κ3) is 4.67. The third-order valence-corrected chi connectivity index (χ3v) is 4.63. The first-order valence-electron chi connectivity index (χ1n) is 9.34. The van der Waals surface area contributed by atoms with Gasteiger partial charge in [0.2, 0.25) is 5.91 Å². The van der Waals surface area contributed by atoms with Gasteiger partial charge in [-0.15, -0.1) is 0 Å². The fourth-order valence-electron chi connectivity index (χ4n) is 3.19. The Hall–Kier alpha value is -2.93. The molecule has 3 aromatic rings. The van der Waals surface area contributed by atoms with Crippen LogP contribution >= 0.6 is 0 Å². The summed E-state index contributed by atoms with van der Waals surface area (Å²) in [5.41, 5.74) is 3.01. The van der Waals surface area contributed by atoms with E-state index in [1.165, 1.54) is 0 Å². The van der Waals surface area contributed by atoms with Gasteiger partial charge in [-0.1, -0.05) is 18.2 Å². The largest absolute Gasteiger partial charge is 0.384 e. The zero-order valence-electron chi connectivity index (χ0n) is 16.8. The quantitative estimate of drug-likeness (QED) is 0.627. The van der Waals surface area contributed by atoms with Gasteiger partial charge >= 0.3 is 0 Å². The van der Waals surface area contributed by atoms with Crippen LogP contribution in [0, 0.1) is 6.92 Å². The highest BCUT2D eigenvalue weighted by atomic mass is 16.5. The number of fused-ring (bicyclic) bond motifs is 1. The van der Waals surface area contributed by atoms with Gasteiger partial charge < -0.3 is 19.9 Å². The van der Waals surface area contributed by atoms with Crippen LogP contribution in [0.25, 0.3) is 10.9 Å². The topological polar surface area (TPSA) is 83.1 Å². The zero-order chi connectivity index (χ0) is 20.1. The first kappa shape index (κ1) is 19.8. The molecule has 2 heterocycles. The molecular formula is C21H27N5O2. The number of para-hydroxylation sites is 1. The van der Waals surface area contributed by atoms with E-state index in [9.17, 15) is 4.79 Å². The molecule has 0 saturated carbocycles. The van der Waals surface area contributed by atoms with E-state index in [0.29, 0.717) is 25.3 Å². The van der Waals surface area contributed by atoms with Crippen LogP contribution in [0.15, 0.2) is 36.5 Å². The van der Waals surface area contributed by atoms with Crippen LogP contribution in [-0.2, 0) is 16.0 Å². The lowest BCUT2D eigenvalue weighted by atomic mass is 10.0. The number of methoxy groups -OCH3 is 1. The van der Waals surface area contributed by atoms with E-state index in [2.05, 4.69) is 26.3 Å². The summed E-state index contributed by atoms with van der Waals surface area (Å²) >= 11 is 0. The van der Waals surface area contributed by atoms with Crippen LogP contribution in [-0.4, -0.2) is 48.7 Å². The van der Waals surface area contributed by atoms with Crippen LogP contribution in [0.5, 0.6) is 0 Å². The number of rotatable bonds is 8. The second-order valence-electron chi connectivity index (χ2n) is 7.02. The fourth-order valence-corrected chi connectivity index (χ4v) is 3.19. The number of carbonyl (C=O) groups is 1. The SMILES string of the molecule is COCCC(=O)NC(Cc1c[nH]c2ccccc12)c1cc(N(C)C)nc(C)n1. The highest BCUT2D eigenvalue weighted by Crippen LogP contribution is 2.25. The fraction of sp³-hybridized carbons (Fsp3) is 0.381. The van der Waals surface area contributed by atoms with Crippen LogP contribution in [0.3, 0.4) is 0 Å². The summed E-state index contributed by atoms with van der Waals surface area (Å²) in [6.45, 7) is 2.25.